The van der Waals surface area contributed by atoms with Crippen molar-refractivity contribution in [3.63, 3.8) is 0 Å². The fraction of sp³-hybridized carbons (Fsp3) is 0.533. The number of benzene rings is 1. The zero-order valence-electron chi connectivity index (χ0n) is 11.9. The van der Waals surface area contributed by atoms with Gasteiger partial charge < -0.3 is 15.7 Å². The van der Waals surface area contributed by atoms with Crippen molar-refractivity contribution >= 4 is 17.7 Å². The van der Waals surface area contributed by atoms with E-state index in [9.17, 15) is 5.11 Å². The minimum atomic E-state index is 0.293. The molecule has 0 bridgehead atoms. The van der Waals surface area contributed by atoms with E-state index in [0.717, 1.165) is 24.6 Å². The quantitative estimate of drug-likeness (QED) is 0.576. The first-order chi connectivity index (χ1) is 9.78. The van der Waals surface area contributed by atoms with Crippen LogP contribution < -0.4 is 10.6 Å². The van der Waals surface area contributed by atoms with E-state index in [-0.39, 0.29) is 0 Å². The molecule has 1 aliphatic rings. The number of phenolic OH excluding ortho intramolecular Hbond substituents is 1. The van der Waals surface area contributed by atoms with Gasteiger partial charge in [-0.2, -0.15) is 11.8 Å². The molecule has 1 aliphatic heterocycles. The summed E-state index contributed by atoms with van der Waals surface area (Å²) in [4.78, 5) is 4.58. The van der Waals surface area contributed by atoms with E-state index < -0.39 is 0 Å². The Morgan fingerprint density at radius 2 is 2.15 bits per heavy atom. The topological polar surface area (TPSA) is 56.7 Å². The predicted octanol–water partition coefficient (Wildman–Crippen LogP) is 2.34. The van der Waals surface area contributed by atoms with Gasteiger partial charge in [0.15, 0.2) is 5.96 Å². The maximum atomic E-state index is 9.26. The van der Waals surface area contributed by atoms with Crippen molar-refractivity contribution in [2.75, 3.05) is 18.8 Å². The van der Waals surface area contributed by atoms with Gasteiger partial charge in [0.1, 0.15) is 5.75 Å². The van der Waals surface area contributed by atoms with Gasteiger partial charge in [-0.25, -0.2) is 4.99 Å². The lowest BCUT2D eigenvalue weighted by Gasteiger charge is -2.14. The standard InChI is InChI=1S/C15H23N3OS/c1-2-16-15(18-11-14-4-3-9-20-14)17-10-12-5-7-13(19)8-6-12/h5-8,14,19H,2-4,9-11H2,1H3,(H2,16,17,18). The second-order valence-corrected chi connectivity index (χ2v) is 6.29. The van der Waals surface area contributed by atoms with E-state index in [1.807, 2.05) is 23.9 Å². The van der Waals surface area contributed by atoms with Crippen molar-refractivity contribution in [2.45, 2.75) is 31.6 Å². The van der Waals surface area contributed by atoms with Gasteiger partial charge in [0.25, 0.3) is 0 Å². The molecule has 0 saturated carbocycles. The fourth-order valence-electron chi connectivity index (χ4n) is 2.13. The predicted molar refractivity (Wildman–Crippen MR) is 86.4 cm³/mol. The summed E-state index contributed by atoms with van der Waals surface area (Å²) in [5, 5.41) is 16.7. The van der Waals surface area contributed by atoms with E-state index in [0.29, 0.717) is 17.5 Å². The smallest absolute Gasteiger partial charge is 0.191 e. The van der Waals surface area contributed by atoms with Crippen LogP contribution in [0.5, 0.6) is 5.75 Å². The second-order valence-electron chi connectivity index (χ2n) is 4.88. The Morgan fingerprint density at radius 3 is 2.80 bits per heavy atom. The van der Waals surface area contributed by atoms with Gasteiger partial charge in [0, 0.05) is 18.3 Å². The number of nitrogens with zero attached hydrogens (tertiary/aromatic N) is 1. The summed E-state index contributed by atoms with van der Waals surface area (Å²) in [6, 6.07) is 7.19. The first-order valence-electron chi connectivity index (χ1n) is 7.19. The SMILES string of the molecule is CCNC(=NCc1ccc(O)cc1)NCC1CCCS1. The van der Waals surface area contributed by atoms with Crippen LogP contribution in [0.1, 0.15) is 25.3 Å². The van der Waals surface area contributed by atoms with E-state index in [1.165, 1.54) is 18.6 Å². The molecule has 1 fully saturated rings. The van der Waals surface area contributed by atoms with Crippen LogP contribution in [-0.4, -0.2) is 35.2 Å². The summed E-state index contributed by atoms with van der Waals surface area (Å²) >= 11 is 2.05. The van der Waals surface area contributed by atoms with Crippen LogP contribution >= 0.6 is 11.8 Å². The highest BCUT2D eigenvalue weighted by molar-refractivity contribution is 8.00. The molecule has 110 valence electrons. The lowest BCUT2D eigenvalue weighted by molar-refractivity contribution is 0.475. The number of thioether (sulfide) groups is 1. The number of guanidine groups is 1. The normalized spacial score (nSPS) is 19.1. The number of aliphatic imine (C=N–C) groups is 1. The van der Waals surface area contributed by atoms with Crippen LogP contribution in [0.4, 0.5) is 0 Å². The van der Waals surface area contributed by atoms with Crippen molar-refractivity contribution in [2.24, 2.45) is 4.99 Å². The minimum Gasteiger partial charge on any atom is -0.508 e. The molecule has 0 radical (unpaired) electrons. The molecule has 0 amide bonds. The Kier molecular flexibility index (Phi) is 6.05. The number of rotatable bonds is 5. The van der Waals surface area contributed by atoms with Gasteiger partial charge in [-0.1, -0.05) is 12.1 Å². The summed E-state index contributed by atoms with van der Waals surface area (Å²) in [6.45, 7) is 4.53. The molecule has 3 N–H and O–H groups in total. The third kappa shape index (κ3) is 4.96. The summed E-state index contributed by atoms with van der Waals surface area (Å²) in [6.07, 6.45) is 2.63. The van der Waals surface area contributed by atoms with Crippen molar-refractivity contribution in [3.8, 4) is 5.75 Å². The molecule has 1 saturated heterocycles. The fourth-order valence-corrected chi connectivity index (χ4v) is 3.33. The van der Waals surface area contributed by atoms with E-state index >= 15 is 0 Å². The van der Waals surface area contributed by atoms with Crippen molar-refractivity contribution in [1.29, 1.82) is 0 Å². The Hall–Kier alpha value is -1.36. The van der Waals surface area contributed by atoms with Gasteiger partial charge in [0.2, 0.25) is 0 Å². The van der Waals surface area contributed by atoms with Crippen LogP contribution in [0, 0.1) is 0 Å². The molecular weight excluding hydrogens is 270 g/mol. The Labute approximate surface area is 125 Å². The molecule has 1 aromatic rings. The van der Waals surface area contributed by atoms with E-state index in [4.69, 9.17) is 0 Å². The van der Waals surface area contributed by atoms with Crippen LogP contribution in [0.25, 0.3) is 0 Å². The highest BCUT2D eigenvalue weighted by Crippen LogP contribution is 2.25. The molecule has 1 heterocycles. The summed E-state index contributed by atoms with van der Waals surface area (Å²) < 4.78 is 0. The van der Waals surface area contributed by atoms with Gasteiger partial charge in [0.05, 0.1) is 6.54 Å². The maximum Gasteiger partial charge on any atom is 0.191 e. The molecule has 1 atom stereocenters. The Bertz CT molecular complexity index is 427. The van der Waals surface area contributed by atoms with Gasteiger partial charge in [-0.15, -0.1) is 0 Å². The van der Waals surface area contributed by atoms with Crippen molar-refractivity contribution < 1.29 is 5.11 Å². The zero-order chi connectivity index (χ0) is 14.2. The average Bonchev–Trinajstić information content (AvgIpc) is 2.97. The number of phenols is 1. The third-order valence-corrected chi connectivity index (χ3v) is 4.62. The van der Waals surface area contributed by atoms with Crippen LogP contribution in [0.3, 0.4) is 0 Å². The van der Waals surface area contributed by atoms with Gasteiger partial charge >= 0.3 is 0 Å². The maximum absolute atomic E-state index is 9.26. The van der Waals surface area contributed by atoms with E-state index in [1.54, 1.807) is 12.1 Å². The zero-order valence-corrected chi connectivity index (χ0v) is 12.7. The second kappa shape index (κ2) is 8.04. The molecule has 0 aromatic heterocycles. The van der Waals surface area contributed by atoms with Crippen molar-refractivity contribution in [3.05, 3.63) is 29.8 Å². The number of aromatic hydroxyl groups is 1. The summed E-state index contributed by atoms with van der Waals surface area (Å²) in [5.41, 5.74) is 1.09. The first-order valence-corrected chi connectivity index (χ1v) is 8.24. The molecule has 1 aromatic carbocycles. The largest absolute Gasteiger partial charge is 0.508 e. The lowest BCUT2D eigenvalue weighted by Crippen LogP contribution is -2.40. The van der Waals surface area contributed by atoms with Crippen LogP contribution in [0.2, 0.25) is 0 Å². The summed E-state index contributed by atoms with van der Waals surface area (Å²) in [7, 11) is 0. The summed E-state index contributed by atoms with van der Waals surface area (Å²) in [5.74, 6) is 2.45. The van der Waals surface area contributed by atoms with Crippen LogP contribution in [-0.2, 0) is 6.54 Å². The average molecular weight is 293 g/mol. The van der Waals surface area contributed by atoms with Gasteiger partial charge in [-0.05, 0) is 43.2 Å². The van der Waals surface area contributed by atoms with Crippen LogP contribution in [0.15, 0.2) is 29.3 Å². The number of hydrogen-bond donors (Lipinski definition) is 3. The first kappa shape index (κ1) is 15.0. The van der Waals surface area contributed by atoms with Gasteiger partial charge in [-0.3, -0.25) is 0 Å². The molecule has 0 spiro atoms. The Balaban J connectivity index is 1.85. The molecule has 2 rings (SSSR count). The number of hydrogen-bond acceptors (Lipinski definition) is 3. The third-order valence-electron chi connectivity index (χ3n) is 3.22. The monoisotopic (exact) mass is 293 g/mol. The van der Waals surface area contributed by atoms with E-state index in [2.05, 4.69) is 22.5 Å². The molecule has 0 aliphatic carbocycles. The molecule has 1 unspecified atom stereocenters. The minimum absolute atomic E-state index is 0.293. The molecular formula is C15H23N3OS. The highest BCUT2D eigenvalue weighted by Gasteiger charge is 2.15. The lowest BCUT2D eigenvalue weighted by atomic mass is 10.2. The highest BCUT2D eigenvalue weighted by atomic mass is 32.2. The van der Waals surface area contributed by atoms with Crippen molar-refractivity contribution in [1.82, 2.24) is 10.6 Å². The Morgan fingerprint density at radius 1 is 1.35 bits per heavy atom. The number of nitrogens with one attached hydrogen (secondary N) is 2. The molecule has 20 heavy (non-hydrogen) atoms. The molecule has 5 heteroatoms. The molecule has 4 nitrogen and oxygen atoms in total.